The van der Waals surface area contributed by atoms with Crippen LogP contribution >= 0.6 is 0 Å². The van der Waals surface area contributed by atoms with Crippen LogP contribution in [0.15, 0.2) is 54.1 Å². The normalized spacial score (nSPS) is 10.7. The molecule has 0 bridgehead atoms. The lowest BCUT2D eigenvalue weighted by atomic mass is 10.1. The number of methoxy groups -OCH3 is 1. The molecule has 0 atom stereocenters. The standard InChI is InChI=1S/C23H24N2O6/c1-3-29-21-14-17(13-18(15-24)23(27)30-12-11-28-2)9-10-20(21)31-16-22(26)25-19-7-5-4-6-8-19/h4-10,13-14H,3,11-12,16H2,1-2H3,(H,25,26)/b18-13+. The van der Waals surface area contributed by atoms with Gasteiger partial charge in [0.1, 0.15) is 18.2 Å². The third kappa shape index (κ3) is 7.84. The van der Waals surface area contributed by atoms with E-state index in [2.05, 4.69) is 5.32 Å². The predicted octanol–water partition coefficient (Wildman–Crippen LogP) is 3.20. The fourth-order valence-electron chi connectivity index (χ4n) is 2.46. The van der Waals surface area contributed by atoms with E-state index in [4.69, 9.17) is 18.9 Å². The quantitative estimate of drug-likeness (QED) is 0.255. The number of nitrogens with zero attached hydrogens (tertiary/aromatic N) is 1. The first-order valence-corrected chi connectivity index (χ1v) is 9.59. The molecule has 0 aliphatic rings. The maximum absolute atomic E-state index is 12.1. The highest BCUT2D eigenvalue weighted by molar-refractivity contribution is 5.98. The highest BCUT2D eigenvalue weighted by atomic mass is 16.6. The first kappa shape index (κ1) is 23.4. The Morgan fingerprint density at radius 2 is 1.84 bits per heavy atom. The molecule has 8 nitrogen and oxygen atoms in total. The summed E-state index contributed by atoms with van der Waals surface area (Å²) in [5.74, 6) is -0.309. The molecule has 0 aliphatic carbocycles. The predicted molar refractivity (Wildman–Crippen MR) is 115 cm³/mol. The zero-order valence-corrected chi connectivity index (χ0v) is 17.4. The first-order valence-electron chi connectivity index (χ1n) is 9.59. The van der Waals surface area contributed by atoms with E-state index in [0.29, 0.717) is 29.4 Å². The summed E-state index contributed by atoms with van der Waals surface area (Å²) in [5, 5.41) is 12.0. The Morgan fingerprint density at radius 3 is 2.52 bits per heavy atom. The number of carbonyl (C=O) groups is 2. The van der Waals surface area contributed by atoms with Gasteiger partial charge in [0.2, 0.25) is 0 Å². The van der Waals surface area contributed by atoms with E-state index in [1.165, 1.54) is 13.2 Å². The van der Waals surface area contributed by atoms with Crippen LogP contribution in [0.2, 0.25) is 0 Å². The number of amides is 1. The van der Waals surface area contributed by atoms with E-state index < -0.39 is 5.97 Å². The second-order valence-corrected chi connectivity index (χ2v) is 6.14. The molecule has 2 aromatic carbocycles. The van der Waals surface area contributed by atoms with Crippen molar-refractivity contribution in [3.63, 3.8) is 0 Å². The number of hydrogen-bond donors (Lipinski definition) is 1. The summed E-state index contributed by atoms with van der Waals surface area (Å²) in [6, 6.07) is 15.7. The molecular formula is C23H24N2O6. The van der Waals surface area contributed by atoms with Crippen LogP contribution in [0.5, 0.6) is 11.5 Å². The largest absolute Gasteiger partial charge is 0.490 e. The third-order valence-electron chi connectivity index (χ3n) is 3.86. The number of nitriles is 1. The van der Waals surface area contributed by atoms with E-state index in [0.717, 1.165) is 0 Å². The van der Waals surface area contributed by atoms with Crippen molar-refractivity contribution in [1.29, 1.82) is 5.26 Å². The number of para-hydroxylation sites is 1. The fraction of sp³-hybridized carbons (Fsp3) is 0.261. The van der Waals surface area contributed by atoms with Crippen molar-refractivity contribution in [1.82, 2.24) is 0 Å². The first-order chi connectivity index (χ1) is 15.1. The molecule has 2 aromatic rings. The van der Waals surface area contributed by atoms with Gasteiger partial charge < -0.3 is 24.3 Å². The van der Waals surface area contributed by atoms with Gasteiger partial charge in [-0.25, -0.2) is 4.79 Å². The van der Waals surface area contributed by atoms with Crippen molar-refractivity contribution < 1.29 is 28.5 Å². The van der Waals surface area contributed by atoms with E-state index in [1.807, 2.05) is 31.2 Å². The lowest BCUT2D eigenvalue weighted by Crippen LogP contribution is -2.20. The molecule has 0 spiro atoms. The number of anilines is 1. The molecule has 0 heterocycles. The van der Waals surface area contributed by atoms with E-state index in [9.17, 15) is 14.9 Å². The highest BCUT2D eigenvalue weighted by Crippen LogP contribution is 2.29. The lowest BCUT2D eigenvalue weighted by Gasteiger charge is -2.13. The molecule has 0 fully saturated rings. The Bertz CT molecular complexity index is 950. The van der Waals surface area contributed by atoms with Gasteiger partial charge in [-0.1, -0.05) is 24.3 Å². The van der Waals surface area contributed by atoms with Crippen molar-refractivity contribution >= 4 is 23.6 Å². The minimum atomic E-state index is -0.740. The zero-order valence-electron chi connectivity index (χ0n) is 17.4. The van der Waals surface area contributed by atoms with Crippen molar-refractivity contribution in [3.8, 4) is 17.6 Å². The monoisotopic (exact) mass is 424 g/mol. The Balaban J connectivity index is 2.08. The average molecular weight is 424 g/mol. The fourth-order valence-corrected chi connectivity index (χ4v) is 2.46. The molecular weight excluding hydrogens is 400 g/mol. The molecule has 0 saturated carbocycles. The summed E-state index contributed by atoms with van der Waals surface area (Å²) < 4.78 is 21.0. The van der Waals surface area contributed by atoms with Crippen LogP contribution in [0, 0.1) is 11.3 Å². The van der Waals surface area contributed by atoms with Crippen LogP contribution in [-0.2, 0) is 19.1 Å². The van der Waals surface area contributed by atoms with Gasteiger partial charge in [0, 0.05) is 12.8 Å². The molecule has 0 saturated heterocycles. The molecule has 8 heteroatoms. The van der Waals surface area contributed by atoms with E-state index >= 15 is 0 Å². The van der Waals surface area contributed by atoms with Gasteiger partial charge in [-0.15, -0.1) is 0 Å². The van der Waals surface area contributed by atoms with Crippen LogP contribution in [0.25, 0.3) is 6.08 Å². The Hall–Kier alpha value is -3.83. The summed E-state index contributed by atoms with van der Waals surface area (Å²) >= 11 is 0. The Kier molecular flexibility index (Phi) is 9.59. The molecule has 1 amide bonds. The second kappa shape index (κ2) is 12.7. The highest BCUT2D eigenvalue weighted by Gasteiger charge is 2.13. The van der Waals surface area contributed by atoms with Crippen LogP contribution in [0.4, 0.5) is 5.69 Å². The molecule has 1 N–H and O–H groups in total. The van der Waals surface area contributed by atoms with Crippen molar-refractivity contribution in [2.24, 2.45) is 0 Å². The zero-order chi connectivity index (χ0) is 22.5. The van der Waals surface area contributed by atoms with Gasteiger partial charge >= 0.3 is 5.97 Å². The summed E-state index contributed by atoms with van der Waals surface area (Å²) in [4.78, 5) is 24.1. The minimum absolute atomic E-state index is 0.0520. The second-order valence-electron chi connectivity index (χ2n) is 6.14. The number of carbonyl (C=O) groups excluding carboxylic acids is 2. The Labute approximate surface area is 181 Å². The van der Waals surface area contributed by atoms with Gasteiger partial charge in [0.15, 0.2) is 18.1 Å². The van der Waals surface area contributed by atoms with Gasteiger partial charge in [-0.05, 0) is 42.8 Å². The van der Waals surface area contributed by atoms with Gasteiger partial charge in [-0.2, -0.15) is 5.26 Å². The van der Waals surface area contributed by atoms with Crippen molar-refractivity contribution in [2.45, 2.75) is 6.92 Å². The maximum Gasteiger partial charge on any atom is 0.348 e. The van der Waals surface area contributed by atoms with Crippen molar-refractivity contribution in [2.75, 3.05) is 38.9 Å². The van der Waals surface area contributed by atoms with Gasteiger partial charge in [-0.3, -0.25) is 4.79 Å². The van der Waals surface area contributed by atoms with Crippen LogP contribution < -0.4 is 14.8 Å². The number of esters is 1. The van der Waals surface area contributed by atoms with E-state index in [-0.39, 0.29) is 31.3 Å². The molecule has 0 aromatic heterocycles. The summed E-state index contributed by atoms with van der Waals surface area (Å²) in [5.41, 5.74) is 1.06. The molecule has 0 unspecified atom stereocenters. The topological polar surface area (TPSA) is 107 Å². The minimum Gasteiger partial charge on any atom is -0.490 e. The van der Waals surface area contributed by atoms with Gasteiger partial charge in [0.05, 0.1) is 13.2 Å². The maximum atomic E-state index is 12.1. The summed E-state index contributed by atoms with van der Waals surface area (Å²) in [7, 11) is 1.49. The third-order valence-corrected chi connectivity index (χ3v) is 3.86. The summed E-state index contributed by atoms with van der Waals surface area (Å²) in [6.07, 6.45) is 1.39. The van der Waals surface area contributed by atoms with Crippen molar-refractivity contribution in [3.05, 3.63) is 59.7 Å². The summed E-state index contributed by atoms with van der Waals surface area (Å²) in [6.45, 7) is 2.25. The number of hydrogen-bond acceptors (Lipinski definition) is 7. The molecule has 0 radical (unpaired) electrons. The Morgan fingerprint density at radius 1 is 1.06 bits per heavy atom. The number of ether oxygens (including phenoxy) is 4. The number of rotatable bonds is 11. The van der Waals surface area contributed by atoms with E-state index in [1.54, 1.807) is 30.3 Å². The number of benzene rings is 2. The van der Waals surface area contributed by atoms with Crippen LogP contribution in [0.3, 0.4) is 0 Å². The number of nitrogens with one attached hydrogen (secondary N) is 1. The van der Waals surface area contributed by atoms with Crippen LogP contribution in [0.1, 0.15) is 12.5 Å². The SMILES string of the molecule is CCOc1cc(/C=C(\C#N)C(=O)OCCOC)ccc1OCC(=O)Nc1ccccc1. The molecule has 0 aliphatic heterocycles. The average Bonchev–Trinajstić information content (AvgIpc) is 2.78. The molecule has 2 rings (SSSR count). The van der Waals surface area contributed by atoms with Gasteiger partial charge in [0.25, 0.3) is 5.91 Å². The van der Waals surface area contributed by atoms with Crippen LogP contribution in [-0.4, -0.2) is 45.4 Å². The smallest absolute Gasteiger partial charge is 0.348 e. The molecule has 162 valence electrons. The molecule has 31 heavy (non-hydrogen) atoms. The lowest BCUT2D eigenvalue weighted by molar-refractivity contribution is -0.139.